The Balaban J connectivity index is 1.79. The van der Waals surface area contributed by atoms with Gasteiger partial charge in [0, 0.05) is 12.0 Å². The summed E-state index contributed by atoms with van der Waals surface area (Å²) in [5.41, 5.74) is -2.15. The topological polar surface area (TPSA) is 109 Å². The highest BCUT2D eigenvalue weighted by Crippen LogP contribution is 2.53. The molecule has 4 atom stereocenters. The average Bonchev–Trinajstić information content (AvgIpc) is 3.08. The van der Waals surface area contributed by atoms with Crippen LogP contribution in [0.2, 0.25) is 0 Å². The van der Waals surface area contributed by atoms with E-state index >= 15 is 0 Å². The molecule has 0 amide bonds. The zero-order valence-corrected chi connectivity index (χ0v) is 14.0. The number of hydrogen-bond acceptors (Lipinski definition) is 7. The molecule has 0 saturated carbocycles. The van der Waals surface area contributed by atoms with Crippen LogP contribution < -0.4 is 0 Å². The molecule has 7 nitrogen and oxygen atoms in total. The molecule has 0 aromatic heterocycles. The predicted molar refractivity (Wildman–Crippen MR) is 86.0 cm³/mol. The second-order valence-corrected chi connectivity index (χ2v) is 6.49. The number of carbonyl (C=O) groups is 1. The van der Waals surface area contributed by atoms with Crippen molar-refractivity contribution in [2.24, 2.45) is 5.92 Å². The van der Waals surface area contributed by atoms with E-state index in [-0.39, 0.29) is 24.7 Å². The van der Waals surface area contributed by atoms with Crippen molar-refractivity contribution in [2.45, 2.75) is 43.5 Å². The highest BCUT2D eigenvalue weighted by atomic mass is 16.6. The van der Waals surface area contributed by atoms with E-state index < -0.39 is 29.2 Å². The Morgan fingerprint density at radius 2 is 2.20 bits per heavy atom. The first kappa shape index (κ1) is 17.7. The van der Waals surface area contributed by atoms with Gasteiger partial charge in [0.15, 0.2) is 0 Å². The monoisotopic (exact) mass is 347 g/mol. The number of fused-ring (bicyclic) bond motifs is 1. The molecule has 0 aromatic carbocycles. The maximum absolute atomic E-state index is 12.3. The van der Waals surface area contributed by atoms with E-state index in [1.807, 2.05) is 6.92 Å². The van der Waals surface area contributed by atoms with Gasteiger partial charge < -0.3 is 24.4 Å². The van der Waals surface area contributed by atoms with Gasteiger partial charge >= 0.3 is 5.97 Å². The smallest absolute Gasteiger partial charge is 0.339 e. The zero-order valence-electron chi connectivity index (χ0n) is 14.0. The summed E-state index contributed by atoms with van der Waals surface area (Å²) < 4.78 is 16.8. The minimum absolute atomic E-state index is 0.0195. The Morgan fingerprint density at radius 1 is 1.44 bits per heavy atom. The van der Waals surface area contributed by atoms with Crippen LogP contribution in [0.25, 0.3) is 0 Å². The van der Waals surface area contributed by atoms with Crippen molar-refractivity contribution < 1.29 is 29.2 Å². The van der Waals surface area contributed by atoms with E-state index in [4.69, 9.17) is 14.2 Å². The van der Waals surface area contributed by atoms with E-state index in [9.17, 15) is 20.3 Å². The third-order valence-electron chi connectivity index (χ3n) is 5.33. The number of allylic oxidation sites excluding steroid dienone is 3. The number of esters is 1. The predicted octanol–water partition coefficient (Wildman–Crippen LogP) is 1.65. The number of ether oxygens (including phenoxy) is 3. The fraction of sp³-hybridized carbons (Fsp3) is 0.556. The summed E-state index contributed by atoms with van der Waals surface area (Å²) >= 11 is 0. The van der Waals surface area contributed by atoms with E-state index in [1.165, 1.54) is 12.2 Å². The summed E-state index contributed by atoms with van der Waals surface area (Å²) in [6.07, 6.45) is 3.08. The molecule has 2 N–H and O–H groups in total. The second-order valence-electron chi connectivity index (χ2n) is 6.49. The fourth-order valence-electron chi connectivity index (χ4n) is 3.88. The van der Waals surface area contributed by atoms with Gasteiger partial charge in [-0.05, 0) is 25.0 Å². The fourth-order valence-corrected chi connectivity index (χ4v) is 3.88. The summed E-state index contributed by atoms with van der Waals surface area (Å²) in [5, 5.41) is 29.2. The van der Waals surface area contributed by atoms with Crippen LogP contribution in [-0.2, 0) is 19.0 Å². The van der Waals surface area contributed by atoms with E-state index in [0.717, 1.165) is 0 Å². The number of rotatable bonds is 4. The van der Waals surface area contributed by atoms with Gasteiger partial charge in [0.2, 0.25) is 5.60 Å². The molecule has 0 unspecified atom stereocenters. The zero-order chi connectivity index (χ0) is 18.2. The molecule has 25 heavy (non-hydrogen) atoms. The lowest BCUT2D eigenvalue weighted by Crippen LogP contribution is -2.55. The Bertz CT molecular complexity index is 705. The first-order chi connectivity index (χ1) is 11.9. The third kappa shape index (κ3) is 2.49. The highest BCUT2D eigenvalue weighted by Gasteiger charge is 2.71. The normalized spacial score (nSPS) is 36.8. The molecule has 134 valence electrons. The van der Waals surface area contributed by atoms with Gasteiger partial charge in [-0.15, -0.1) is 0 Å². The molecular formula is C18H21NO6. The third-order valence-corrected chi connectivity index (χ3v) is 5.33. The average molecular weight is 347 g/mol. The van der Waals surface area contributed by atoms with Gasteiger partial charge in [0.05, 0.1) is 24.9 Å². The molecule has 1 aliphatic carbocycles. The van der Waals surface area contributed by atoms with Gasteiger partial charge in [-0.25, -0.2) is 4.79 Å². The largest absolute Gasteiger partial charge is 0.512 e. The Morgan fingerprint density at radius 3 is 2.80 bits per heavy atom. The van der Waals surface area contributed by atoms with Gasteiger partial charge in [0.25, 0.3) is 0 Å². The van der Waals surface area contributed by atoms with Crippen LogP contribution in [-0.4, -0.2) is 46.7 Å². The molecule has 3 aliphatic rings. The molecule has 0 radical (unpaired) electrons. The van der Waals surface area contributed by atoms with Crippen molar-refractivity contribution in [3.05, 3.63) is 35.8 Å². The van der Waals surface area contributed by atoms with Crippen LogP contribution in [0.3, 0.4) is 0 Å². The quantitative estimate of drug-likeness (QED) is 0.588. The number of aliphatic hydroxyl groups excluding tert-OH is 2. The van der Waals surface area contributed by atoms with Gasteiger partial charge in [-0.2, -0.15) is 5.26 Å². The molecule has 0 aromatic rings. The lowest BCUT2D eigenvalue weighted by Gasteiger charge is -2.36. The van der Waals surface area contributed by atoms with Crippen LogP contribution in [0.4, 0.5) is 0 Å². The Kier molecular flexibility index (Phi) is 4.45. The van der Waals surface area contributed by atoms with Crippen molar-refractivity contribution in [3.63, 3.8) is 0 Å². The molecule has 2 heterocycles. The summed E-state index contributed by atoms with van der Waals surface area (Å²) in [4.78, 5) is 12.3. The van der Waals surface area contributed by atoms with E-state index in [0.29, 0.717) is 24.8 Å². The van der Waals surface area contributed by atoms with Crippen molar-refractivity contribution in [2.75, 3.05) is 13.2 Å². The lowest BCUT2D eigenvalue weighted by atomic mass is 9.74. The number of nitriles is 1. The van der Waals surface area contributed by atoms with Gasteiger partial charge in [0.1, 0.15) is 23.5 Å². The molecule has 7 heteroatoms. The number of hydrogen-bond donors (Lipinski definition) is 2. The number of carbonyl (C=O) groups excluding carboxylic acids is 1. The molecular weight excluding hydrogens is 326 g/mol. The number of aliphatic hydroxyl groups is 2. The van der Waals surface area contributed by atoms with E-state index in [1.54, 1.807) is 0 Å². The van der Waals surface area contributed by atoms with Crippen LogP contribution in [0, 0.1) is 17.2 Å². The minimum atomic E-state index is -1.49. The summed E-state index contributed by atoms with van der Waals surface area (Å²) in [6, 6.07) is 2.06. The Hall–Kier alpha value is -2.14. The SMILES string of the molecule is C=C(OC(=O)C1=CC=C(O)CC1)[C@H]1CO[C@]2(C#N)[C@H](O)CO[C@]12CC. The lowest BCUT2D eigenvalue weighted by molar-refractivity contribution is -0.137. The van der Waals surface area contributed by atoms with Crippen LogP contribution in [0.15, 0.2) is 35.8 Å². The summed E-state index contributed by atoms with van der Waals surface area (Å²) in [5.74, 6) is -0.728. The number of nitrogens with zero attached hydrogens (tertiary/aromatic N) is 1. The molecule has 3 rings (SSSR count). The summed E-state index contributed by atoms with van der Waals surface area (Å²) in [6.45, 7) is 5.73. The van der Waals surface area contributed by atoms with Gasteiger partial charge in [-0.3, -0.25) is 0 Å². The first-order valence-electron chi connectivity index (χ1n) is 8.27. The first-order valence-corrected chi connectivity index (χ1v) is 8.27. The Labute approximate surface area is 145 Å². The highest BCUT2D eigenvalue weighted by molar-refractivity contribution is 5.89. The molecule has 2 fully saturated rings. The maximum atomic E-state index is 12.3. The molecule has 0 spiro atoms. The van der Waals surface area contributed by atoms with Crippen molar-refractivity contribution in [3.8, 4) is 6.07 Å². The molecule has 2 saturated heterocycles. The van der Waals surface area contributed by atoms with Gasteiger partial charge in [-0.1, -0.05) is 13.5 Å². The molecule has 0 bridgehead atoms. The van der Waals surface area contributed by atoms with Crippen molar-refractivity contribution in [1.29, 1.82) is 5.26 Å². The molecule has 2 aliphatic heterocycles. The van der Waals surface area contributed by atoms with Crippen LogP contribution >= 0.6 is 0 Å². The summed E-state index contributed by atoms with van der Waals surface area (Å²) in [7, 11) is 0. The van der Waals surface area contributed by atoms with Crippen LogP contribution in [0.1, 0.15) is 26.2 Å². The second kappa shape index (κ2) is 6.30. The van der Waals surface area contributed by atoms with Crippen LogP contribution in [0.5, 0.6) is 0 Å². The minimum Gasteiger partial charge on any atom is -0.512 e. The van der Waals surface area contributed by atoms with Crippen molar-refractivity contribution >= 4 is 5.97 Å². The van der Waals surface area contributed by atoms with Crippen molar-refractivity contribution in [1.82, 2.24) is 0 Å². The maximum Gasteiger partial charge on any atom is 0.339 e. The standard InChI is InChI=1S/C18H21NO6/c1-3-17-14(8-23-18(17,10-19)15(21)9-24-17)11(2)25-16(22)12-4-6-13(20)7-5-12/h4,6,14-15,20-21H,2-3,5,7-9H2,1H3/t14-,15-,17-,18-/m1/s1. The van der Waals surface area contributed by atoms with E-state index in [2.05, 4.69) is 12.6 Å².